The zero-order valence-corrected chi connectivity index (χ0v) is 16.5. The molecule has 1 atom stereocenters. The minimum Gasteiger partial charge on any atom is -0.508 e. The molecule has 3 rings (SSSR count). The molecule has 146 valence electrons. The van der Waals surface area contributed by atoms with Crippen LogP contribution in [0.5, 0.6) is 5.75 Å². The molecule has 0 amide bonds. The first-order valence-electron chi connectivity index (χ1n) is 9.39. The van der Waals surface area contributed by atoms with E-state index in [0.29, 0.717) is 5.56 Å². The van der Waals surface area contributed by atoms with Crippen LogP contribution in [0.15, 0.2) is 53.4 Å². The average Bonchev–Trinajstić information content (AvgIpc) is 2.88. The number of likely N-dealkylation sites (tertiary alicyclic amines) is 1. The third-order valence-corrected chi connectivity index (χ3v) is 6.43. The molecular weight excluding hydrogens is 362 g/mol. The van der Waals surface area contributed by atoms with Gasteiger partial charge in [0.15, 0.2) is 0 Å². The Hall–Kier alpha value is -1.89. The molecule has 1 heterocycles. The molecule has 27 heavy (non-hydrogen) atoms. The lowest BCUT2D eigenvalue weighted by molar-refractivity contribution is 0.186. The number of benzene rings is 2. The predicted octanol–water partition coefficient (Wildman–Crippen LogP) is 3.71. The average molecular weight is 390 g/mol. The molecular formula is C21H27NO4S. The molecule has 0 spiro atoms. The summed E-state index contributed by atoms with van der Waals surface area (Å²) in [4.78, 5) is 2.42. The van der Waals surface area contributed by atoms with Gasteiger partial charge < -0.3 is 5.11 Å². The predicted molar refractivity (Wildman–Crippen MR) is 105 cm³/mol. The summed E-state index contributed by atoms with van der Waals surface area (Å²) in [6.07, 6.45) is 3.14. The number of phenols is 1. The van der Waals surface area contributed by atoms with E-state index in [1.54, 1.807) is 13.0 Å². The Kier molecular flexibility index (Phi) is 6.52. The molecule has 1 unspecified atom stereocenters. The Morgan fingerprint density at radius 2 is 1.93 bits per heavy atom. The van der Waals surface area contributed by atoms with Gasteiger partial charge in [-0.1, -0.05) is 42.8 Å². The van der Waals surface area contributed by atoms with Crippen molar-refractivity contribution in [2.45, 2.75) is 37.6 Å². The molecule has 0 aromatic heterocycles. The molecule has 0 bridgehead atoms. The number of nitrogens with zero attached hydrogens (tertiary/aromatic N) is 1. The Morgan fingerprint density at radius 3 is 2.70 bits per heavy atom. The van der Waals surface area contributed by atoms with Gasteiger partial charge in [-0.15, -0.1) is 0 Å². The lowest BCUT2D eigenvalue weighted by atomic mass is 10.0. The van der Waals surface area contributed by atoms with Gasteiger partial charge in [-0.25, -0.2) is 0 Å². The van der Waals surface area contributed by atoms with E-state index in [2.05, 4.69) is 17.0 Å². The highest BCUT2D eigenvalue weighted by Gasteiger charge is 2.24. The molecule has 2 aromatic carbocycles. The summed E-state index contributed by atoms with van der Waals surface area (Å²) in [5.41, 5.74) is 1.83. The van der Waals surface area contributed by atoms with Crippen LogP contribution in [0.1, 0.15) is 30.4 Å². The molecule has 0 aliphatic carbocycles. The summed E-state index contributed by atoms with van der Waals surface area (Å²) >= 11 is 0. The smallest absolute Gasteiger partial charge is 0.297 e. The second-order valence-electron chi connectivity index (χ2n) is 7.27. The topological polar surface area (TPSA) is 66.8 Å². The molecule has 6 heteroatoms. The van der Waals surface area contributed by atoms with E-state index in [4.69, 9.17) is 4.18 Å². The molecule has 1 aliphatic rings. The van der Waals surface area contributed by atoms with E-state index in [0.717, 1.165) is 38.9 Å². The van der Waals surface area contributed by atoms with Crippen LogP contribution in [0.3, 0.4) is 0 Å². The zero-order chi connectivity index (χ0) is 19.3. The summed E-state index contributed by atoms with van der Waals surface area (Å²) in [6, 6.07) is 14.6. The van der Waals surface area contributed by atoms with Gasteiger partial charge in [-0.2, -0.15) is 8.42 Å². The van der Waals surface area contributed by atoms with Gasteiger partial charge in [-0.3, -0.25) is 9.08 Å². The largest absolute Gasteiger partial charge is 0.508 e. The first-order chi connectivity index (χ1) is 12.9. The number of aryl methyl sites for hydroxylation is 1. The fourth-order valence-electron chi connectivity index (χ4n) is 3.54. The minimum atomic E-state index is -3.88. The molecule has 0 radical (unpaired) electrons. The second-order valence-corrected chi connectivity index (χ2v) is 8.85. The molecule has 1 saturated heterocycles. The van der Waals surface area contributed by atoms with Gasteiger partial charge in [-0.05, 0) is 49.4 Å². The summed E-state index contributed by atoms with van der Waals surface area (Å²) in [6.45, 7) is 4.58. The normalized spacial score (nSPS) is 18.9. The Bertz CT molecular complexity index is 852. The van der Waals surface area contributed by atoms with E-state index < -0.39 is 10.1 Å². The summed E-state index contributed by atoms with van der Waals surface area (Å²) in [5, 5.41) is 9.60. The quantitative estimate of drug-likeness (QED) is 0.763. The van der Waals surface area contributed by atoms with Gasteiger partial charge in [0.2, 0.25) is 0 Å². The molecule has 5 nitrogen and oxygen atoms in total. The van der Waals surface area contributed by atoms with Crippen molar-refractivity contribution in [1.82, 2.24) is 4.90 Å². The van der Waals surface area contributed by atoms with Crippen molar-refractivity contribution in [3.8, 4) is 5.75 Å². The van der Waals surface area contributed by atoms with Crippen LogP contribution in [0.2, 0.25) is 0 Å². The van der Waals surface area contributed by atoms with Gasteiger partial charge in [0.25, 0.3) is 10.1 Å². The third-order valence-electron chi connectivity index (χ3n) is 5.00. The van der Waals surface area contributed by atoms with Crippen LogP contribution in [0, 0.1) is 12.8 Å². The Labute approximate surface area is 161 Å². The highest BCUT2D eigenvalue weighted by Crippen LogP contribution is 2.25. The number of hydrogen-bond acceptors (Lipinski definition) is 5. The summed E-state index contributed by atoms with van der Waals surface area (Å²) in [7, 11) is -3.88. The minimum absolute atomic E-state index is 0.0391. The number of aromatic hydroxyl groups is 1. The Balaban J connectivity index is 1.63. The maximum Gasteiger partial charge on any atom is 0.297 e. The zero-order valence-electron chi connectivity index (χ0n) is 15.7. The Morgan fingerprint density at radius 1 is 1.15 bits per heavy atom. The number of rotatable bonds is 6. The van der Waals surface area contributed by atoms with E-state index >= 15 is 0 Å². The SMILES string of the molecule is Cc1ccc(O)cc1S(=O)(=O)OCC1CCCCN(Cc2ccccc2)C1. The lowest BCUT2D eigenvalue weighted by Crippen LogP contribution is -2.30. The molecule has 1 N–H and O–H groups in total. The highest BCUT2D eigenvalue weighted by atomic mass is 32.2. The maximum absolute atomic E-state index is 12.6. The summed E-state index contributed by atoms with van der Waals surface area (Å²) in [5.74, 6) is 0.0925. The van der Waals surface area contributed by atoms with Crippen LogP contribution >= 0.6 is 0 Å². The van der Waals surface area contributed by atoms with Crippen molar-refractivity contribution >= 4 is 10.1 Å². The summed E-state index contributed by atoms with van der Waals surface area (Å²) < 4.78 is 30.5. The number of phenolic OH excluding ortho intramolecular Hbond substituents is 1. The van der Waals surface area contributed by atoms with E-state index in [9.17, 15) is 13.5 Å². The van der Waals surface area contributed by atoms with Crippen LogP contribution in [0.4, 0.5) is 0 Å². The van der Waals surface area contributed by atoms with Crippen molar-refractivity contribution in [2.24, 2.45) is 5.92 Å². The first kappa shape index (κ1) is 19.9. The van der Waals surface area contributed by atoms with Crippen LogP contribution in [-0.4, -0.2) is 38.1 Å². The van der Waals surface area contributed by atoms with Crippen LogP contribution in [0.25, 0.3) is 0 Å². The third kappa shape index (κ3) is 5.54. The molecule has 1 aliphatic heterocycles. The van der Waals surface area contributed by atoms with Gasteiger partial charge in [0, 0.05) is 19.2 Å². The molecule has 0 saturated carbocycles. The van der Waals surface area contributed by atoms with Crippen molar-refractivity contribution in [2.75, 3.05) is 19.7 Å². The fourth-order valence-corrected chi connectivity index (χ4v) is 4.77. The van der Waals surface area contributed by atoms with Crippen molar-refractivity contribution < 1.29 is 17.7 Å². The van der Waals surface area contributed by atoms with Gasteiger partial charge in [0.05, 0.1) is 6.61 Å². The van der Waals surface area contributed by atoms with Crippen molar-refractivity contribution in [1.29, 1.82) is 0 Å². The fraction of sp³-hybridized carbons (Fsp3) is 0.429. The van der Waals surface area contributed by atoms with Crippen molar-refractivity contribution in [3.05, 3.63) is 59.7 Å². The van der Waals surface area contributed by atoms with Crippen LogP contribution in [-0.2, 0) is 20.8 Å². The van der Waals surface area contributed by atoms with Gasteiger partial charge >= 0.3 is 0 Å². The van der Waals surface area contributed by atoms with E-state index in [1.807, 2.05) is 18.2 Å². The second kappa shape index (κ2) is 8.87. The van der Waals surface area contributed by atoms with Crippen molar-refractivity contribution in [3.63, 3.8) is 0 Å². The lowest BCUT2D eigenvalue weighted by Gasteiger charge is -2.24. The molecule has 1 fully saturated rings. The molecule has 2 aromatic rings. The van der Waals surface area contributed by atoms with Crippen LogP contribution < -0.4 is 0 Å². The number of hydrogen-bond donors (Lipinski definition) is 1. The monoisotopic (exact) mass is 389 g/mol. The maximum atomic E-state index is 12.6. The van der Waals surface area contributed by atoms with Gasteiger partial charge in [0.1, 0.15) is 10.6 Å². The van der Waals surface area contributed by atoms with E-state index in [-0.39, 0.29) is 23.2 Å². The highest BCUT2D eigenvalue weighted by molar-refractivity contribution is 7.86. The standard InChI is InChI=1S/C21H27NO4S/c1-17-10-11-20(23)13-21(17)27(24,25)26-16-19-9-5-6-12-22(15-19)14-18-7-3-2-4-8-18/h2-4,7-8,10-11,13,19,23H,5-6,9,12,14-16H2,1H3. The first-order valence-corrected chi connectivity index (χ1v) is 10.8. The van der Waals surface area contributed by atoms with E-state index in [1.165, 1.54) is 17.7 Å².